The lowest BCUT2D eigenvalue weighted by Gasteiger charge is -2.20. The number of carbonyl (C=O) groups is 1. The molecular formula is C36H69NO3. The highest BCUT2D eigenvalue weighted by atomic mass is 16.3. The van der Waals surface area contributed by atoms with Crippen molar-refractivity contribution in [2.24, 2.45) is 0 Å². The van der Waals surface area contributed by atoms with Gasteiger partial charge in [-0.3, -0.25) is 4.79 Å². The fraction of sp³-hybridized carbons (Fsp3) is 0.861. The molecule has 0 spiro atoms. The fourth-order valence-corrected chi connectivity index (χ4v) is 5.17. The van der Waals surface area contributed by atoms with E-state index in [1.54, 1.807) is 6.08 Å². The Morgan fingerprint density at radius 3 is 1.38 bits per heavy atom. The van der Waals surface area contributed by atoms with Gasteiger partial charge in [0.2, 0.25) is 5.91 Å². The summed E-state index contributed by atoms with van der Waals surface area (Å²) in [6.07, 6.45) is 39.7. The van der Waals surface area contributed by atoms with Crippen LogP contribution in [0.3, 0.4) is 0 Å². The second kappa shape index (κ2) is 32.4. The Kier molecular flexibility index (Phi) is 31.5. The zero-order chi connectivity index (χ0) is 29.4. The van der Waals surface area contributed by atoms with E-state index in [0.717, 1.165) is 32.1 Å². The summed E-state index contributed by atoms with van der Waals surface area (Å²) in [4.78, 5) is 12.3. The van der Waals surface area contributed by atoms with Crippen LogP contribution >= 0.6 is 0 Å². The number of carbonyl (C=O) groups excluding carboxylic acids is 1. The number of rotatable bonds is 31. The predicted molar refractivity (Wildman–Crippen MR) is 175 cm³/mol. The molecule has 0 saturated heterocycles. The second-order valence-electron chi connectivity index (χ2n) is 11.9. The van der Waals surface area contributed by atoms with Crippen LogP contribution in [0.4, 0.5) is 0 Å². The van der Waals surface area contributed by atoms with Crippen LogP contribution in [-0.4, -0.2) is 34.9 Å². The predicted octanol–water partition coefficient (Wildman–Crippen LogP) is 10.1. The van der Waals surface area contributed by atoms with Gasteiger partial charge in [0.15, 0.2) is 0 Å². The van der Waals surface area contributed by atoms with E-state index in [1.807, 2.05) is 6.08 Å². The van der Waals surface area contributed by atoms with Gasteiger partial charge in [0.05, 0.1) is 18.8 Å². The number of aliphatic hydroxyl groups is 2. The number of unbranched alkanes of at least 4 members (excludes halogenated alkanes) is 22. The zero-order valence-electron chi connectivity index (χ0n) is 26.9. The molecule has 4 nitrogen and oxygen atoms in total. The average molecular weight is 582 g/mol. The molecule has 1 amide bonds. The SMILES string of the molecule is CCCCCCCCCCCCC/C=C/[C@@H](O)[C@H](CO)N[13C](=O)[13CH2][13CH2][13CH2][13CH2][13CH2][13CH2][13CH2]/[13CH]=[13CH]\[13CH2][13CH2][13CH2][13CH2][13CH2][13CH2][13CH2][13CH3]. The van der Waals surface area contributed by atoms with Crippen LogP contribution < -0.4 is 5.32 Å². The minimum absolute atomic E-state index is 0.0745. The van der Waals surface area contributed by atoms with E-state index in [1.165, 1.54) is 128 Å². The first-order valence-electron chi connectivity index (χ1n) is 17.6. The Morgan fingerprint density at radius 2 is 0.950 bits per heavy atom. The van der Waals surface area contributed by atoms with Crippen molar-refractivity contribution in [3.8, 4) is 0 Å². The Balaban J connectivity index is 3.65. The van der Waals surface area contributed by atoms with E-state index in [-0.39, 0.29) is 12.5 Å². The van der Waals surface area contributed by atoms with E-state index >= 15 is 0 Å². The van der Waals surface area contributed by atoms with E-state index in [2.05, 4.69) is 31.3 Å². The Morgan fingerprint density at radius 1 is 0.575 bits per heavy atom. The third-order valence-electron chi connectivity index (χ3n) is 7.93. The molecule has 0 aliphatic heterocycles. The summed E-state index contributed by atoms with van der Waals surface area (Å²) in [5.41, 5.74) is 0. The number of aliphatic hydroxyl groups excluding tert-OH is 2. The first kappa shape index (κ1) is 38.9. The molecule has 0 aliphatic carbocycles. The standard InChI is InChI=1S/C36H69NO3/c1-3-5-7-9-11-13-15-17-18-20-22-24-26-28-30-32-36(40)37-34(33-38)35(39)31-29-27-25-23-21-19-16-14-12-10-8-6-4-2/h17-18,29,31,34-35,38-39H,3-16,19-28,30,32-33H2,1-2H3,(H,37,40)/b18-17-,31-29+/t34-,35+/m0/s1/i1+1,3+1,5+1,7+1,9+1,11+1,13+1,15+1,17+1,18+1,20+1,22+1,24+1,26+1,28+1,30+1,32+1,36+1. The summed E-state index contributed by atoms with van der Waals surface area (Å²) in [5.74, 6) is -0.0745. The van der Waals surface area contributed by atoms with Crippen molar-refractivity contribution in [3.05, 3.63) is 24.3 Å². The van der Waals surface area contributed by atoms with Crippen LogP contribution in [0.2, 0.25) is 0 Å². The third-order valence-corrected chi connectivity index (χ3v) is 7.93. The van der Waals surface area contributed by atoms with Crippen molar-refractivity contribution in [1.82, 2.24) is 5.32 Å². The number of allylic oxidation sites excluding steroid dienone is 3. The maximum atomic E-state index is 12.3. The summed E-state index contributed by atoms with van der Waals surface area (Å²) in [7, 11) is 0. The molecule has 0 saturated carbocycles. The summed E-state index contributed by atoms with van der Waals surface area (Å²) in [6, 6.07) is -0.621. The summed E-state index contributed by atoms with van der Waals surface area (Å²) in [5, 5.41) is 22.8. The molecule has 40 heavy (non-hydrogen) atoms. The van der Waals surface area contributed by atoms with Crippen LogP contribution in [0.1, 0.15) is 181 Å². The van der Waals surface area contributed by atoms with Crippen molar-refractivity contribution in [2.45, 2.75) is 193 Å². The maximum absolute atomic E-state index is 12.3. The molecule has 3 N–H and O–H groups in total. The van der Waals surface area contributed by atoms with E-state index in [9.17, 15) is 15.0 Å². The number of hydrogen-bond acceptors (Lipinski definition) is 3. The van der Waals surface area contributed by atoms with Gasteiger partial charge >= 0.3 is 0 Å². The average Bonchev–Trinajstić information content (AvgIpc) is 2.96. The van der Waals surface area contributed by atoms with Crippen molar-refractivity contribution in [1.29, 1.82) is 0 Å². The number of nitrogens with one attached hydrogen (secondary N) is 1. The molecule has 0 aromatic heterocycles. The van der Waals surface area contributed by atoms with E-state index in [4.69, 9.17) is 0 Å². The Bertz CT molecular complexity index is 574. The molecule has 0 unspecified atom stereocenters. The third kappa shape index (κ3) is 28.4. The first-order valence-corrected chi connectivity index (χ1v) is 17.6. The van der Waals surface area contributed by atoms with E-state index in [0.29, 0.717) is 6.42 Å². The first-order chi connectivity index (χ1) is 19.7. The molecule has 0 aliphatic rings. The fourth-order valence-electron chi connectivity index (χ4n) is 5.17. The molecule has 0 radical (unpaired) electrons. The highest BCUT2D eigenvalue weighted by Crippen LogP contribution is 2.13. The molecule has 236 valence electrons. The monoisotopic (exact) mass is 582 g/mol. The normalized spacial score (nSPS) is 13.4. The van der Waals surface area contributed by atoms with Gasteiger partial charge in [-0.25, -0.2) is 0 Å². The minimum atomic E-state index is -0.837. The Labute approximate surface area is 249 Å². The van der Waals surface area contributed by atoms with Gasteiger partial charge in [-0.15, -0.1) is 0 Å². The van der Waals surface area contributed by atoms with Crippen LogP contribution in [0, 0.1) is 0 Å². The highest BCUT2D eigenvalue weighted by molar-refractivity contribution is 5.76. The van der Waals surface area contributed by atoms with Gasteiger partial charge in [-0.2, -0.15) is 0 Å². The molecule has 4 heteroatoms. The van der Waals surface area contributed by atoms with Crippen molar-refractivity contribution < 1.29 is 15.0 Å². The molecule has 0 heterocycles. The minimum Gasteiger partial charge on any atom is -0.394 e. The largest absolute Gasteiger partial charge is 0.394 e. The molecule has 0 bridgehead atoms. The van der Waals surface area contributed by atoms with Gasteiger partial charge in [0, 0.05) is 6.42 Å². The molecule has 0 aromatic carbocycles. The van der Waals surface area contributed by atoms with Gasteiger partial charge in [-0.1, -0.05) is 154 Å². The van der Waals surface area contributed by atoms with Crippen LogP contribution in [0.5, 0.6) is 0 Å². The van der Waals surface area contributed by atoms with Crippen molar-refractivity contribution in [2.75, 3.05) is 6.61 Å². The molecule has 0 fully saturated rings. The molecule has 0 rings (SSSR count). The lowest BCUT2D eigenvalue weighted by Crippen LogP contribution is -2.45. The number of hydrogen-bond donors (Lipinski definition) is 3. The van der Waals surface area contributed by atoms with E-state index < -0.39 is 12.1 Å². The Hall–Kier alpha value is -1.13. The summed E-state index contributed by atoms with van der Waals surface area (Å²) < 4.78 is 0. The zero-order valence-corrected chi connectivity index (χ0v) is 26.9. The van der Waals surface area contributed by atoms with Crippen LogP contribution in [-0.2, 0) is 4.79 Å². The summed E-state index contributed by atoms with van der Waals surface area (Å²) in [6.45, 7) is 4.28. The molecule has 2 atom stereocenters. The molecular weight excluding hydrogens is 512 g/mol. The lowest BCUT2D eigenvalue weighted by atomic mass is 10.0. The van der Waals surface area contributed by atoms with Gasteiger partial charge in [0.25, 0.3) is 0 Å². The van der Waals surface area contributed by atoms with Gasteiger partial charge in [-0.05, 0) is 44.9 Å². The summed E-state index contributed by atoms with van der Waals surface area (Å²) >= 11 is 0. The molecule has 0 aromatic rings. The van der Waals surface area contributed by atoms with Crippen molar-refractivity contribution >= 4 is 5.91 Å². The van der Waals surface area contributed by atoms with Crippen LogP contribution in [0.25, 0.3) is 0 Å². The smallest absolute Gasteiger partial charge is 0.220 e. The van der Waals surface area contributed by atoms with Crippen molar-refractivity contribution in [3.63, 3.8) is 0 Å². The van der Waals surface area contributed by atoms with Gasteiger partial charge < -0.3 is 15.5 Å². The highest BCUT2D eigenvalue weighted by Gasteiger charge is 2.17. The number of amides is 1. The quantitative estimate of drug-likeness (QED) is 0.0433. The second-order valence-corrected chi connectivity index (χ2v) is 11.9. The van der Waals surface area contributed by atoms with Crippen LogP contribution in [0.15, 0.2) is 24.3 Å². The lowest BCUT2D eigenvalue weighted by molar-refractivity contribution is -0.123. The van der Waals surface area contributed by atoms with Gasteiger partial charge in [0.1, 0.15) is 0 Å². The maximum Gasteiger partial charge on any atom is 0.220 e. The topological polar surface area (TPSA) is 69.6 Å².